The topological polar surface area (TPSA) is 15.7 Å². The van der Waals surface area contributed by atoms with Crippen molar-refractivity contribution in [3.63, 3.8) is 0 Å². The van der Waals surface area contributed by atoms with E-state index >= 15 is 0 Å². The Labute approximate surface area is 136 Å². The average molecular weight is 304 g/mol. The number of ether oxygens (including phenoxy) is 1. The van der Waals surface area contributed by atoms with Crippen LogP contribution in [0.25, 0.3) is 0 Å². The Balaban J connectivity index is 1.77. The second kappa shape index (κ2) is 7.47. The maximum atomic E-state index is 5.21. The normalized spacial score (nSPS) is 17.9. The predicted octanol–water partition coefficient (Wildman–Crippen LogP) is 3.43. The van der Waals surface area contributed by atoms with Gasteiger partial charge in [-0.2, -0.15) is 0 Å². The van der Waals surface area contributed by atoms with E-state index in [9.17, 15) is 0 Å². The van der Waals surface area contributed by atoms with Crippen LogP contribution in [-0.4, -0.2) is 55.2 Å². The predicted molar refractivity (Wildman–Crippen MR) is 93.7 cm³/mol. The summed E-state index contributed by atoms with van der Waals surface area (Å²) in [4.78, 5) is 5.16. The molecule has 2 rings (SSSR count). The van der Waals surface area contributed by atoms with E-state index in [2.05, 4.69) is 61.9 Å². The molecule has 3 heteroatoms. The van der Waals surface area contributed by atoms with Crippen molar-refractivity contribution in [3.05, 3.63) is 29.8 Å². The lowest BCUT2D eigenvalue weighted by Crippen LogP contribution is -2.50. The molecule has 0 amide bonds. The summed E-state index contributed by atoms with van der Waals surface area (Å²) >= 11 is 0. The molecule has 0 spiro atoms. The van der Waals surface area contributed by atoms with Crippen molar-refractivity contribution in [2.75, 3.05) is 33.8 Å². The van der Waals surface area contributed by atoms with Gasteiger partial charge in [-0.25, -0.2) is 0 Å². The number of nitrogens with zero attached hydrogens (tertiary/aromatic N) is 2. The molecule has 0 unspecified atom stereocenters. The lowest BCUT2D eigenvalue weighted by atomic mass is 9.97. The first-order valence-electron chi connectivity index (χ1n) is 8.48. The number of likely N-dealkylation sites (tertiary alicyclic amines) is 1. The summed E-state index contributed by atoms with van der Waals surface area (Å²) in [6.45, 7) is 10.5. The fourth-order valence-corrected chi connectivity index (χ4v) is 3.26. The van der Waals surface area contributed by atoms with Crippen molar-refractivity contribution in [1.82, 2.24) is 9.80 Å². The zero-order chi connectivity index (χ0) is 16.2. The Morgan fingerprint density at radius 1 is 1.14 bits per heavy atom. The zero-order valence-corrected chi connectivity index (χ0v) is 14.9. The Morgan fingerprint density at radius 3 is 2.23 bits per heavy atom. The minimum Gasteiger partial charge on any atom is -0.497 e. The maximum Gasteiger partial charge on any atom is 0.118 e. The van der Waals surface area contributed by atoms with Crippen molar-refractivity contribution in [2.24, 2.45) is 0 Å². The van der Waals surface area contributed by atoms with E-state index in [1.54, 1.807) is 7.11 Å². The second-order valence-corrected chi connectivity index (χ2v) is 7.47. The number of likely N-dealkylation sites (N-methyl/N-ethyl adjacent to an activating group) is 1. The highest BCUT2D eigenvalue weighted by atomic mass is 16.5. The van der Waals surface area contributed by atoms with Crippen LogP contribution < -0.4 is 4.74 Å². The molecule has 0 N–H and O–H groups in total. The van der Waals surface area contributed by atoms with Crippen molar-refractivity contribution in [3.8, 4) is 5.75 Å². The summed E-state index contributed by atoms with van der Waals surface area (Å²) < 4.78 is 5.21. The first kappa shape index (κ1) is 17.3. The molecular formula is C19H32N2O. The summed E-state index contributed by atoms with van der Waals surface area (Å²) in [5.41, 5.74) is 1.70. The fourth-order valence-electron chi connectivity index (χ4n) is 3.26. The molecule has 1 aliphatic rings. The molecule has 124 valence electrons. The van der Waals surface area contributed by atoms with E-state index < -0.39 is 0 Å². The summed E-state index contributed by atoms with van der Waals surface area (Å²) in [5.74, 6) is 0.937. The van der Waals surface area contributed by atoms with Crippen LogP contribution in [0.15, 0.2) is 24.3 Å². The van der Waals surface area contributed by atoms with Gasteiger partial charge >= 0.3 is 0 Å². The first-order valence-corrected chi connectivity index (χ1v) is 8.48. The van der Waals surface area contributed by atoms with E-state index in [0.29, 0.717) is 5.54 Å². The minimum absolute atomic E-state index is 0.312. The van der Waals surface area contributed by atoms with Crippen LogP contribution in [0.1, 0.15) is 39.2 Å². The van der Waals surface area contributed by atoms with Crippen molar-refractivity contribution in [2.45, 2.75) is 51.6 Å². The van der Waals surface area contributed by atoms with Gasteiger partial charge in [-0.15, -0.1) is 0 Å². The van der Waals surface area contributed by atoms with Gasteiger partial charge in [0.05, 0.1) is 7.11 Å². The van der Waals surface area contributed by atoms with Gasteiger partial charge in [-0.05, 0) is 64.8 Å². The minimum atomic E-state index is 0.312. The molecule has 1 heterocycles. The average Bonchev–Trinajstić information content (AvgIpc) is 2.52. The molecule has 1 fully saturated rings. The summed E-state index contributed by atoms with van der Waals surface area (Å²) in [7, 11) is 3.99. The second-order valence-electron chi connectivity index (χ2n) is 7.47. The third-order valence-electron chi connectivity index (χ3n) is 4.95. The van der Waals surface area contributed by atoms with Crippen LogP contribution >= 0.6 is 0 Å². The monoisotopic (exact) mass is 304 g/mol. The van der Waals surface area contributed by atoms with Gasteiger partial charge in [-0.1, -0.05) is 12.1 Å². The van der Waals surface area contributed by atoms with E-state index in [4.69, 9.17) is 4.74 Å². The van der Waals surface area contributed by atoms with Gasteiger partial charge < -0.3 is 9.64 Å². The number of benzene rings is 1. The third kappa shape index (κ3) is 4.72. The van der Waals surface area contributed by atoms with Crippen LogP contribution in [-0.2, 0) is 6.42 Å². The van der Waals surface area contributed by atoms with Crippen LogP contribution in [0.2, 0.25) is 0 Å². The lowest BCUT2D eigenvalue weighted by molar-refractivity contribution is 0.0659. The van der Waals surface area contributed by atoms with Crippen LogP contribution in [0.4, 0.5) is 0 Å². The van der Waals surface area contributed by atoms with Gasteiger partial charge in [0.25, 0.3) is 0 Å². The van der Waals surface area contributed by atoms with E-state index in [1.807, 2.05) is 0 Å². The SMILES string of the molecule is COc1ccc(CCN(C)C2CCN(C(C)(C)C)CC2)cc1. The molecule has 0 aliphatic carbocycles. The standard InChI is InChI=1S/C19H32N2O/c1-19(2,3)21-14-11-17(12-15-21)20(4)13-10-16-6-8-18(22-5)9-7-16/h6-9,17H,10-15H2,1-5H3. The zero-order valence-electron chi connectivity index (χ0n) is 14.9. The molecule has 0 aromatic heterocycles. The molecule has 0 atom stereocenters. The van der Waals surface area contributed by atoms with Gasteiger partial charge in [0.15, 0.2) is 0 Å². The summed E-state index contributed by atoms with van der Waals surface area (Å²) in [5, 5.41) is 0. The highest BCUT2D eigenvalue weighted by Gasteiger charge is 2.28. The molecule has 1 aliphatic heterocycles. The number of piperidine rings is 1. The van der Waals surface area contributed by atoms with Crippen LogP contribution in [0.5, 0.6) is 5.75 Å². The highest BCUT2D eigenvalue weighted by molar-refractivity contribution is 5.27. The first-order chi connectivity index (χ1) is 10.4. The molecule has 3 nitrogen and oxygen atoms in total. The number of rotatable bonds is 5. The van der Waals surface area contributed by atoms with E-state index in [-0.39, 0.29) is 0 Å². The molecule has 0 saturated carbocycles. The number of hydrogen-bond acceptors (Lipinski definition) is 3. The third-order valence-corrected chi connectivity index (χ3v) is 4.95. The molecule has 0 radical (unpaired) electrons. The Kier molecular flexibility index (Phi) is 5.87. The molecule has 1 aromatic rings. The number of hydrogen-bond donors (Lipinski definition) is 0. The van der Waals surface area contributed by atoms with Crippen molar-refractivity contribution in [1.29, 1.82) is 0 Å². The summed E-state index contributed by atoms with van der Waals surface area (Å²) in [6, 6.07) is 9.19. The summed E-state index contributed by atoms with van der Waals surface area (Å²) in [6.07, 6.45) is 3.69. The van der Waals surface area contributed by atoms with E-state index in [0.717, 1.165) is 24.8 Å². The van der Waals surface area contributed by atoms with Gasteiger partial charge in [0, 0.05) is 31.2 Å². The molecule has 1 aromatic carbocycles. The largest absolute Gasteiger partial charge is 0.497 e. The smallest absolute Gasteiger partial charge is 0.118 e. The van der Waals surface area contributed by atoms with Gasteiger partial charge in [0.2, 0.25) is 0 Å². The van der Waals surface area contributed by atoms with E-state index in [1.165, 1.54) is 31.5 Å². The van der Waals surface area contributed by atoms with Crippen molar-refractivity contribution >= 4 is 0 Å². The van der Waals surface area contributed by atoms with Crippen molar-refractivity contribution < 1.29 is 4.74 Å². The Bertz CT molecular complexity index is 441. The molecule has 1 saturated heterocycles. The van der Waals surface area contributed by atoms with Gasteiger partial charge in [0.1, 0.15) is 5.75 Å². The quantitative estimate of drug-likeness (QED) is 0.829. The molecule has 0 bridgehead atoms. The maximum absolute atomic E-state index is 5.21. The van der Waals surface area contributed by atoms with Gasteiger partial charge in [-0.3, -0.25) is 4.90 Å². The Morgan fingerprint density at radius 2 is 1.73 bits per heavy atom. The number of methoxy groups -OCH3 is 1. The van der Waals surface area contributed by atoms with Crippen LogP contribution in [0, 0.1) is 0 Å². The Hall–Kier alpha value is -1.06. The van der Waals surface area contributed by atoms with Crippen LogP contribution in [0.3, 0.4) is 0 Å². The fraction of sp³-hybridized carbons (Fsp3) is 0.684. The lowest BCUT2D eigenvalue weighted by Gasteiger charge is -2.43. The molecular weight excluding hydrogens is 272 g/mol. The highest BCUT2D eigenvalue weighted by Crippen LogP contribution is 2.22. The molecule has 22 heavy (non-hydrogen) atoms.